The van der Waals surface area contributed by atoms with Gasteiger partial charge in [0.15, 0.2) is 11.5 Å². The molecule has 0 aromatic carbocycles. The molecule has 0 unspecified atom stereocenters. The summed E-state index contributed by atoms with van der Waals surface area (Å²) >= 11 is 0. The Labute approximate surface area is 206 Å². The molecule has 0 saturated heterocycles. The number of aryl methyl sites for hydroxylation is 1. The van der Waals surface area contributed by atoms with Gasteiger partial charge in [-0.25, -0.2) is 18.9 Å². The number of halogens is 5. The molecule has 0 aliphatic heterocycles. The number of nitrogens with one attached hydrogen (secondary N) is 2. The van der Waals surface area contributed by atoms with E-state index in [1.807, 2.05) is 0 Å². The second-order valence-electron chi connectivity index (χ2n) is 7.66. The average Bonchev–Trinajstić information content (AvgIpc) is 3.19. The number of pyridine rings is 2. The molecule has 3 heterocycles. The molecule has 37 heavy (non-hydrogen) atoms. The van der Waals surface area contributed by atoms with Crippen LogP contribution in [0, 0.1) is 11.8 Å². The van der Waals surface area contributed by atoms with Gasteiger partial charge in [0.1, 0.15) is 11.9 Å². The summed E-state index contributed by atoms with van der Waals surface area (Å²) in [7, 11) is 1.46. The fourth-order valence-electron chi connectivity index (χ4n) is 2.98. The number of aromatic nitrogens is 5. The van der Waals surface area contributed by atoms with E-state index in [1.165, 1.54) is 37.0 Å². The molecule has 0 saturated carbocycles. The molecule has 2 N–H and O–H groups in total. The van der Waals surface area contributed by atoms with Gasteiger partial charge in [0.2, 0.25) is 5.95 Å². The summed E-state index contributed by atoms with van der Waals surface area (Å²) in [6.07, 6.45) is -5.36. The highest BCUT2D eigenvalue weighted by Crippen LogP contribution is 2.27. The molecule has 0 radical (unpaired) electrons. The second-order valence-corrected chi connectivity index (χ2v) is 7.66. The van der Waals surface area contributed by atoms with Crippen LogP contribution in [0.5, 0.6) is 0 Å². The Morgan fingerprint density at radius 3 is 2.57 bits per heavy atom. The summed E-state index contributed by atoms with van der Waals surface area (Å²) in [5.74, 6) is -2.41. The molecule has 3 aromatic heterocycles. The minimum Gasteiger partial charge on any atom is -0.441 e. The molecule has 0 bridgehead atoms. The minimum absolute atomic E-state index is 0.0467. The minimum atomic E-state index is -4.53. The van der Waals surface area contributed by atoms with E-state index in [0.717, 1.165) is 6.07 Å². The lowest BCUT2D eigenvalue weighted by atomic mass is 10.2. The molecule has 3 rings (SSSR count). The predicted molar refractivity (Wildman–Crippen MR) is 119 cm³/mol. The quantitative estimate of drug-likeness (QED) is 0.258. The maximum atomic E-state index is 13.8. The van der Waals surface area contributed by atoms with Gasteiger partial charge in [-0.2, -0.15) is 17.6 Å². The van der Waals surface area contributed by atoms with Crippen LogP contribution >= 0.6 is 0 Å². The van der Waals surface area contributed by atoms with Crippen LogP contribution in [-0.2, 0) is 11.8 Å². The summed E-state index contributed by atoms with van der Waals surface area (Å²) in [6, 6.07) is 3.60. The Bertz CT molecular complexity index is 1310. The highest BCUT2D eigenvalue weighted by Gasteiger charge is 2.31. The normalized spacial score (nSPS) is 12.1. The number of rotatable bonds is 8. The van der Waals surface area contributed by atoms with Gasteiger partial charge in [0.25, 0.3) is 5.91 Å². The first-order valence-corrected chi connectivity index (χ1v) is 10.5. The fourth-order valence-corrected chi connectivity index (χ4v) is 2.98. The van der Waals surface area contributed by atoms with E-state index in [0.29, 0.717) is 6.20 Å². The van der Waals surface area contributed by atoms with Gasteiger partial charge in [0.05, 0.1) is 23.0 Å². The fraction of sp³-hybridized carbons (Fsp3) is 0.273. The van der Waals surface area contributed by atoms with Gasteiger partial charge in [0, 0.05) is 25.4 Å². The number of carbonyl (C=O) groups excluding carboxylic acids is 2. The molecule has 0 aliphatic rings. The number of hydrogen-bond donors (Lipinski definition) is 2. The smallest absolute Gasteiger partial charge is 0.413 e. The Morgan fingerprint density at radius 1 is 1.19 bits per heavy atom. The van der Waals surface area contributed by atoms with Gasteiger partial charge in [-0.05, 0) is 31.5 Å². The number of hydrogen-bond acceptors (Lipinski definition) is 7. The van der Waals surface area contributed by atoms with E-state index in [-0.39, 0.29) is 34.9 Å². The van der Waals surface area contributed by atoms with Crippen molar-refractivity contribution in [2.75, 3.05) is 11.9 Å². The van der Waals surface area contributed by atoms with Crippen LogP contribution in [0.2, 0.25) is 0 Å². The van der Waals surface area contributed by atoms with Crippen LogP contribution in [0.25, 0.3) is 11.4 Å². The number of alkyl halides is 3. The molecular formula is C22H20F5N7O3. The zero-order valence-electron chi connectivity index (χ0n) is 19.4. The number of ether oxygens (including phenoxy) is 1. The average molecular weight is 525 g/mol. The molecule has 196 valence electrons. The first-order valence-electron chi connectivity index (χ1n) is 10.5. The topological polar surface area (TPSA) is 124 Å². The van der Waals surface area contributed by atoms with E-state index in [4.69, 9.17) is 4.74 Å². The van der Waals surface area contributed by atoms with Gasteiger partial charge in [-0.15, -0.1) is 5.10 Å². The van der Waals surface area contributed by atoms with Crippen LogP contribution in [0.3, 0.4) is 0 Å². The van der Waals surface area contributed by atoms with Crippen LogP contribution in [-0.4, -0.2) is 49.7 Å². The van der Waals surface area contributed by atoms with Gasteiger partial charge in [-0.3, -0.25) is 15.1 Å². The first-order chi connectivity index (χ1) is 17.4. The summed E-state index contributed by atoms with van der Waals surface area (Å²) in [4.78, 5) is 31.9. The lowest BCUT2D eigenvalue weighted by molar-refractivity contribution is -0.0934. The predicted octanol–water partition coefficient (Wildman–Crippen LogP) is 4.10. The Morgan fingerprint density at radius 2 is 1.92 bits per heavy atom. The maximum absolute atomic E-state index is 13.8. The number of anilines is 1. The maximum Gasteiger partial charge on any atom is 0.413 e. The van der Waals surface area contributed by atoms with E-state index in [9.17, 15) is 31.5 Å². The Kier molecular flexibility index (Phi) is 8.14. The third-order valence-electron chi connectivity index (χ3n) is 4.98. The number of nitrogens with zero attached hydrogens (tertiary/aromatic N) is 5. The van der Waals surface area contributed by atoms with Crippen molar-refractivity contribution in [1.29, 1.82) is 0 Å². The van der Waals surface area contributed by atoms with Crippen LogP contribution < -0.4 is 10.6 Å². The number of amides is 2. The van der Waals surface area contributed by atoms with Crippen LogP contribution in [0.4, 0.5) is 32.6 Å². The molecule has 10 nitrogen and oxygen atoms in total. The molecule has 0 aliphatic carbocycles. The van der Waals surface area contributed by atoms with Gasteiger partial charge >= 0.3 is 12.3 Å². The molecule has 3 aromatic rings. The molecular weight excluding hydrogens is 505 g/mol. The largest absolute Gasteiger partial charge is 0.441 e. The lowest BCUT2D eigenvalue weighted by Crippen LogP contribution is -2.26. The Hall–Kier alpha value is -4.43. The van der Waals surface area contributed by atoms with Crippen molar-refractivity contribution in [2.24, 2.45) is 7.05 Å². The summed E-state index contributed by atoms with van der Waals surface area (Å²) in [6.45, 7) is 3.99. The van der Waals surface area contributed by atoms with Crippen molar-refractivity contribution in [2.45, 2.75) is 25.6 Å². The van der Waals surface area contributed by atoms with E-state index >= 15 is 0 Å². The van der Waals surface area contributed by atoms with Crippen LogP contribution in [0.1, 0.15) is 35.4 Å². The third-order valence-corrected chi connectivity index (χ3v) is 4.98. The van der Waals surface area contributed by atoms with Crippen LogP contribution in [0.15, 0.2) is 42.7 Å². The standard InChI is InChI=1S/C22H20F5N7O3/c1-11(22(25,26)27)6-7-28-20(35)13-4-5-16(29-9-13)17-19(34(3)33-32-17)31-21(36)37-12(2)15-8-14(23)10-30-18(15)24/h4-5,8-10,12H,1,6-7H2,2-3H3,(H,28,35)(H,31,36)/t12-/m1/s1. The molecule has 0 spiro atoms. The van der Waals surface area contributed by atoms with Crippen molar-refractivity contribution in [3.05, 3.63) is 65.6 Å². The summed E-state index contributed by atoms with van der Waals surface area (Å²) in [5, 5.41) is 12.5. The SMILES string of the molecule is C=C(CCNC(=O)c1ccc(-c2nnn(C)c2NC(=O)O[C@H](C)c2cc(F)cnc2F)nc1)C(F)(F)F. The molecule has 1 atom stereocenters. The Balaban J connectivity index is 1.65. The third kappa shape index (κ3) is 6.83. The van der Waals surface area contributed by atoms with Crippen molar-refractivity contribution in [3.63, 3.8) is 0 Å². The van der Waals surface area contributed by atoms with Gasteiger partial charge < -0.3 is 10.1 Å². The highest BCUT2D eigenvalue weighted by molar-refractivity contribution is 5.94. The van der Waals surface area contributed by atoms with E-state index < -0.39 is 48.0 Å². The van der Waals surface area contributed by atoms with E-state index in [2.05, 4.69) is 37.5 Å². The second kappa shape index (κ2) is 11.1. The van der Waals surface area contributed by atoms with Crippen molar-refractivity contribution < 1.29 is 36.3 Å². The zero-order valence-corrected chi connectivity index (χ0v) is 19.4. The van der Waals surface area contributed by atoms with Gasteiger partial charge in [-0.1, -0.05) is 11.8 Å². The highest BCUT2D eigenvalue weighted by atomic mass is 19.4. The molecule has 2 amide bonds. The summed E-state index contributed by atoms with van der Waals surface area (Å²) < 4.78 is 71.0. The van der Waals surface area contributed by atoms with E-state index in [1.54, 1.807) is 0 Å². The van der Waals surface area contributed by atoms with Crippen molar-refractivity contribution in [3.8, 4) is 11.4 Å². The summed E-state index contributed by atoms with van der Waals surface area (Å²) in [5.41, 5.74) is -0.872. The van der Waals surface area contributed by atoms with Crippen molar-refractivity contribution >= 4 is 17.8 Å². The molecule has 15 heteroatoms. The number of carbonyl (C=O) groups is 2. The first kappa shape index (κ1) is 27.2. The zero-order chi connectivity index (χ0) is 27.3. The monoisotopic (exact) mass is 525 g/mol. The molecule has 0 fully saturated rings. The van der Waals surface area contributed by atoms with Crippen molar-refractivity contribution in [1.82, 2.24) is 30.3 Å². The lowest BCUT2D eigenvalue weighted by Gasteiger charge is -2.15.